The lowest BCUT2D eigenvalue weighted by Crippen LogP contribution is -2.20. The number of rotatable bonds is 5. The van der Waals surface area contributed by atoms with E-state index >= 15 is 0 Å². The number of nitrogens with one attached hydrogen (secondary N) is 1. The monoisotopic (exact) mass is 451 g/mol. The molecule has 0 saturated heterocycles. The summed E-state index contributed by atoms with van der Waals surface area (Å²) in [5.41, 5.74) is 3.76. The summed E-state index contributed by atoms with van der Waals surface area (Å²) in [6, 6.07) is 32.4. The SMILES string of the molecule is Cc1ccc(SNC(=O)c2ccc3c(c2)c(=O)n(-c2ccccc2)n3-c2ccccc2)cc1. The van der Waals surface area contributed by atoms with Crippen LogP contribution in [-0.2, 0) is 0 Å². The van der Waals surface area contributed by atoms with Crippen molar-refractivity contribution >= 4 is 28.8 Å². The van der Waals surface area contributed by atoms with Gasteiger partial charge in [-0.3, -0.25) is 14.3 Å². The molecule has 5 nitrogen and oxygen atoms in total. The topological polar surface area (TPSA) is 56.0 Å². The highest BCUT2D eigenvalue weighted by Crippen LogP contribution is 2.22. The number of hydrogen-bond donors (Lipinski definition) is 1. The molecule has 1 N–H and O–H groups in total. The molecule has 4 aromatic carbocycles. The standard InChI is InChI=1S/C27H21N3O2S/c1-19-12-15-23(16-13-19)33-28-26(31)20-14-17-25-24(18-20)27(32)30(22-10-6-3-7-11-22)29(25)21-8-4-2-5-9-21/h2-18H,1H3,(H,28,31). The molecule has 0 aliphatic carbocycles. The highest BCUT2D eigenvalue weighted by molar-refractivity contribution is 7.98. The van der Waals surface area contributed by atoms with Crippen molar-refractivity contribution in [2.75, 3.05) is 0 Å². The fourth-order valence-corrected chi connectivity index (χ4v) is 4.34. The number of aromatic nitrogens is 2. The van der Waals surface area contributed by atoms with Crippen molar-refractivity contribution in [2.45, 2.75) is 11.8 Å². The lowest BCUT2D eigenvalue weighted by Gasteiger charge is -2.13. The third-order valence-electron chi connectivity index (χ3n) is 5.39. The van der Waals surface area contributed by atoms with Gasteiger partial charge in [-0.25, -0.2) is 9.36 Å². The van der Waals surface area contributed by atoms with Gasteiger partial charge >= 0.3 is 0 Å². The number of carbonyl (C=O) groups is 1. The molecule has 0 aliphatic rings. The van der Waals surface area contributed by atoms with E-state index in [1.54, 1.807) is 16.8 Å². The van der Waals surface area contributed by atoms with Crippen LogP contribution in [0.2, 0.25) is 0 Å². The maximum atomic E-state index is 13.5. The summed E-state index contributed by atoms with van der Waals surface area (Å²) in [6.07, 6.45) is 0. The number of hydrogen-bond acceptors (Lipinski definition) is 3. The van der Waals surface area contributed by atoms with Crippen molar-refractivity contribution in [1.82, 2.24) is 14.1 Å². The molecular formula is C27H21N3O2S. The first kappa shape index (κ1) is 20.8. The minimum atomic E-state index is -0.249. The minimum absolute atomic E-state index is 0.180. The molecule has 1 heterocycles. The summed E-state index contributed by atoms with van der Waals surface area (Å²) >= 11 is 1.26. The number of nitrogens with zero attached hydrogens (tertiary/aromatic N) is 2. The molecule has 0 radical (unpaired) electrons. The van der Waals surface area contributed by atoms with Gasteiger partial charge in [0.2, 0.25) is 0 Å². The van der Waals surface area contributed by atoms with E-state index in [0.717, 1.165) is 27.4 Å². The maximum Gasteiger partial charge on any atom is 0.279 e. The Morgan fingerprint density at radius 1 is 0.758 bits per heavy atom. The van der Waals surface area contributed by atoms with E-state index in [2.05, 4.69) is 4.72 Å². The fraction of sp³-hybridized carbons (Fsp3) is 0.0370. The van der Waals surface area contributed by atoms with Crippen LogP contribution in [-0.4, -0.2) is 15.3 Å². The molecule has 6 heteroatoms. The van der Waals surface area contributed by atoms with Crippen LogP contribution in [0, 0.1) is 6.92 Å². The summed E-state index contributed by atoms with van der Waals surface area (Å²) in [5.74, 6) is -0.249. The van der Waals surface area contributed by atoms with E-state index in [1.165, 1.54) is 11.9 Å². The Kier molecular flexibility index (Phi) is 5.59. The highest BCUT2D eigenvalue weighted by Gasteiger charge is 2.18. The van der Waals surface area contributed by atoms with E-state index in [-0.39, 0.29) is 11.5 Å². The average Bonchev–Trinajstić information content (AvgIpc) is 3.16. The zero-order valence-corrected chi connectivity index (χ0v) is 18.8. The fourth-order valence-electron chi connectivity index (χ4n) is 3.74. The Morgan fingerprint density at radius 2 is 1.36 bits per heavy atom. The van der Waals surface area contributed by atoms with Gasteiger partial charge in [0.15, 0.2) is 0 Å². The molecule has 0 unspecified atom stereocenters. The summed E-state index contributed by atoms with van der Waals surface area (Å²) in [4.78, 5) is 27.3. The van der Waals surface area contributed by atoms with Crippen LogP contribution in [0.5, 0.6) is 0 Å². The molecule has 1 amide bonds. The molecular weight excluding hydrogens is 430 g/mol. The Bertz CT molecular complexity index is 1490. The molecule has 0 aliphatic heterocycles. The van der Waals surface area contributed by atoms with Gasteiger partial charge in [-0.1, -0.05) is 54.1 Å². The molecule has 0 bridgehead atoms. The largest absolute Gasteiger partial charge is 0.292 e. The number of para-hydroxylation sites is 2. The lowest BCUT2D eigenvalue weighted by molar-refractivity contribution is 0.0984. The van der Waals surface area contributed by atoms with E-state index in [1.807, 2.05) is 103 Å². The maximum absolute atomic E-state index is 13.5. The molecule has 1 aromatic heterocycles. The number of amides is 1. The molecule has 0 atom stereocenters. The zero-order valence-electron chi connectivity index (χ0n) is 17.9. The number of fused-ring (bicyclic) bond motifs is 1. The highest BCUT2D eigenvalue weighted by atomic mass is 32.2. The van der Waals surface area contributed by atoms with E-state index in [4.69, 9.17) is 0 Å². The Morgan fingerprint density at radius 3 is 2.00 bits per heavy atom. The van der Waals surface area contributed by atoms with Crippen molar-refractivity contribution in [3.8, 4) is 11.4 Å². The first-order valence-corrected chi connectivity index (χ1v) is 11.4. The van der Waals surface area contributed by atoms with Crippen LogP contribution >= 0.6 is 11.9 Å². The zero-order chi connectivity index (χ0) is 22.8. The predicted octanol–water partition coefficient (Wildman–Crippen LogP) is 5.53. The van der Waals surface area contributed by atoms with Crippen LogP contribution in [0.15, 0.2) is 113 Å². The lowest BCUT2D eigenvalue weighted by atomic mass is 10.1. The quantitative estimate of drug-likeness (QED) is 0.358. The molecule has 0 spiro atoms. The molecule has 5 rings (SSSR count). The van der Waals surface area contributed by atoms with Crippen LogP contribution in [0.3, 0.4) is 0 Å². The van der Waals surface area contributed by atoms with Gasteiger partial charge in [-0.15, -0.1) is 0 Å². The molecule has 162 valence electrons. The normalized spacial score (nSPS) is 10.9. The van der Waals surface area contributed by atoms with Crippen LogP contribution < -0.4 is 10.3 Å². The second-order valence-corrected chi connectivity index (χ2v) is 8.56. The molecule has 0 fully saturated rings. The minimum Gasteiger partial charge on any atom is -0.292 e. The van der Waals surface area contributed by atoms with Crippen molar-refractivity contribution in [3.05, 3.63) is 125 Å². The number of carbonyl (C=O) groups excluding carboxylic acids is 1. The molecule has 5 aromatic rings. The second-order valence-electron chi connectivity index (χ2n) is 7.68. The van der Waals surface area contributed by atoms with Crippen molar-refractivity contribution in [3.63, 3.8) is 0 Å². The van der Waals surface area contributed by atoms with Crippen molar-refractivity contribution in [1.29, 1.82) is 0 Å². The Hall–Kier alpha value is -4.03. The van der Waals surface area contributed by atoms with E-state index < -0.39 is 0 Å². The summed E-state index contributed by atoms with van der Waals surface area (Å²) in [5, 5.41) is 0.482. The van der Waals surface area contributed by atoms with Gasteiger partial charge in [-0.05, 0) is 73.5 Å². The third-order valence-corrected chi connectivity index (χ3v) is 6.19. The van der Waals surface area contributed by atoms with Gasteiger partial charge in [-0.2, -0.15) is 0 Å². The van der Waals surface area contributed by atoms with Crippen molar-refractivity contribution < 1.29 is 4.79 Å². The first-order valence-electron chi connectivity index (χ1n) is 10.5. The Labute approximate surface area is 195 Å². The second kappa shape index (κ2) is 8.84. The van der Waals surface area contributed by atoms with Crippen LogP contribution in [0.4, 0.5) is 0 Å². The number of aryl methyl sites for hydroxylation is 1. The van der Waals surface area contributed by atoms with Gasteiger partial charge in [0, 0.05) is 10.5 Å². The Balaban J connectivity index is 1.57. The van der Waals surface area contributed by atoms with Gasteiger partial charge in [0.25, 0.3) is 11.5 Å². The molecule has 33 heavy (non-hydrogen) atoms. The van der Waals surface area contributed by atoms with Crippen LogP contribution in [0.25, 0.3) is 22.3 Å². The van der Waals surface area contributed by atoms with Gasteiger partial charge < -0.3 is 0 Å². The van der Waals surface area contributed by atoms with Crippen molar-refractivity contribution in [2.24, 2.45) is 0 Å². The van der Waals surface area contributed by atoms with Gasteiger partial charge in [0.1, 0.15) is 0 Å². The third kappa shape index (κ3) is 4.08. The van der Waals surface area contributed by atoms with E-state index in [0.29, 0.717) is 10.9 Å². The first-order chi connectivity index (χ1) is 16.1. The molecule has 0 saturated carbocycles. The summed E-state index contributed by atoms with van der Waals surface area (Å²) in [7, 11) is 0. The summed E-state index contributed by atoms with van der Waals surface area (Å²) < 4.78 is 6.39. The van der Waals surface area contributed by atoms with Crippen LogP contribution in [0.1, 0.15) is 15.9 Å². The summed E-state index contributed by atoms with van der Waals surface area (Å²) in [6.45, 7) is 2.02. The smallest absolute Gasteiger partial charge is 0.279 e. The number of benzene rings is 4. The predicted molar refractivity (Wildman–Crippen MR) is 133 cm³/mol. The van der Waals surface area contributed by atoms with E-state index in [9.17, 15) is 9.59 Å². The average molecular weight is 452 g/mol. The van der Waals surface area contributed by atoms with Gasteiger partial charge in [0.05, 0.1) is 22.3 Å².